The lowest BCUT2D eigenvalue weighted by atomic mass is 10.2. The molecule has 0 N–H and O–H groups in total. The highest BCUT2D eigenvalue weighted by molar-refractivity contribution is 7.86. The van der Waals surface area contributed by atoms with Crippen molar-refractivity contribution in [2.24, 2.45) is 0 Å². The zero-order valence-corrected chi connectivity index (χ0v) is 9.25. The Bertz CT molecular complexity index is 540. The van der Waals surface area contributed by atoms with Gasteiger partial charge in [0.25, 0.3) is 0 Å². The van der Waals surface area contributed by atoms with Crippen molar-refractivity contribution in [2.45, 2.75) is 11.8 Å². The molecule has 0 heterocycles. The number of methoxy groups -OCH3 is 1. The molecule has 0 aliphatic rings. The summed E-state index contributed by atoms with van der Waals surface area (Å²) >= 11 is 0. The maximum absolute atomic E-state index is 12.8. The number of nitrogens with zero attached hydrogens (tertiary/aromatic N) is 1. The molecule has 0 spiro atoms. The van der Waals surface area contributed by atoms with Gasteiger partial charge in [0.15, 0.2) is 5.75 Å². The summed E-state index contributed by atoms with van der Waals surface area (Å²) in [6.45, 7) is 1.15. The number of benzene rings is 1. The Morgan fingerprint density at radius 2 is 2.00 bits per heavy atom. The zero-order chi connectivity index (χ0) is 12.5. The molecule has 0 radical (unpaired) electrons. The first kappa shape index (κ1) is 12.4. The van der Waals surface area contributed by atoms with Gasteiger partial charge >= 0.3 is 15.9 Å². The van der Waals surface area contributed by atoms with Crippen molar-refractivity contribution in [2.75, 3.05) is 7.11 Å². The fraction of sp³-hybridized carbons (Fsp3) is 0.250. The van der Waals surface area contributed by atoms with Crippen LogP contribution in [-0.2, 0) is 10.2 Å². The molecular formula is C8H8FNO5S. The van der Waals surface area contributed by atoms with Gasteiger partial charge in [-0.05, 0) is 19.1 Å². The Kier molecular flexibility index (Phi) is 3.13. The van der Waals surface area contributed by atoms with E-state index in [0.717, 1.165) is 19.1 Å². The predicted octanol–water partition coefficient (Wildman–Crippen LogP) is 1.57. The van der Waals surface area contributed by atoms with Crippen LogP contribution in [0.2, 0.25) is 0 Å². The lowest BCUT2D eigenvalue weighted by Crippen LogP contribution is -2.02. The van der Waals surface area contributed by atoms with E-state index in [-0.39, 0.29) is 11.3 Å². The summed E-state index contributed by atoms with van der Waals surface area (Å²) in [7, 11) is -3.77. The first-order valence-electron chi connectivity index (χ1n) is 4.05. The highest BCUT2D eigenvalue weighted by atomic mass is 32.3. The molecule has 0 bridgehead atoms. The smallest absolute Gasteiger partial charge is 0.332 e. The van der Waals surface area contributed by atoms with Crippen molar-refractivity contribution in [1.29, 1.82) is 0 Å². The third kappa shape index (κ3) is 2.11. The van der Waals surface area contributed by atoms with Gasteiger partial charge in [-0.2, -0.15) is 8.42 Å². The molecule has 0 aliphatic heterocycles. The first-order valence-corrected chi connectivity index (χ1v) is 5.44. The summed E-state index contributed by atoms with van der Waals surface area (Å²) in [6.07, 6.45) is 0. The van der Waals surface area contributed by atoms with Gasteiger partial charge in [0, 0.05) is 0 Å². The highest BCUT2D eigenvalue weighted by Gasteiger charge is 2.26. The molecule has 0 unspecified atom stereocenters. The Labute approximate surface area is 91.0 Å². The van der Waals surface area contributed by atoms with Gasteiger partial charge < -0.3 is 4.74 Å². The fourth-order valence-electron chi connectivity index (χ4n) is 1.31. The van der Waals surface area contributed by atoms with E-state index in [1.54, 1.807) is 0 Å². The van der Waals surface area contributed by atoms with Gasteiger partial charge in [0.1, 0.15) is 4.90 Å². The number of rotatable bonds is 3. The number of hydrogen-bond donors (Lipinski definition) is 0. The second-order valence-electron chi connectivity index (χ2n) is 2.93. The Balaban J connectivity index is 3.63. The molecule has 0 saturated carbocycles. The average molecular weight is 249 g/mol. The number of halogens is 1. The number of ether oxygens (including phenoxy) is 1. The van der Waals surface area contributed by atoms with Crippen molar-refractivity contribution in [3.05, 3.63) is 27.8 Å². The summed E-state index contributed by atoms with van der Waals surface area (Å²) < 4.78 is 38.9. The SMILES string of the molecule is COc1ccc(S(=O)(=O)F)c(C)c1[N+](=O)[O-]. The topological polar surface area (TPSA) is 86.5 Å². The molecule has 88 valence electrons. The van der Waals surface area contributed by atoms with E-state index in [1.807, 2.05) is 0 Å². The van der Waals surface area contributed by atoms with Gasteiger partial charge in [-0.1, -0.05) is 0 Å². The molecule has 8 heteroatoms. The van der Waals surface area contributed by atoms with E-state index in [0.29, 0.717) is 0 Å². The van der Waals surface area contributed by atoms with E-state index in [1.165, 1.54) is 7.11 Å². The van der Waals surface area contributed by atoms with Gasteiger partial charge in [-0.25, -0.2) is 0 Å². The van der Waals surface area contributed by atoms with Gasteiger partial charge in [-0.3, -0.25) is 10.1 Å². The average Bonchev–Trinajstić information content (AvgIpc) is 2.14. The van der Waals surface area contributed by atoms with Crippen molar-refractivity contribution in [1.82, 2.24) is 0 Å². The van der Waals surface area contributed by atoms with E-state index >= 15 is 0 Å². The molecule has 1 aromatic rings. The van der Waals surface area contributed by atoms with Crippen LogP contribution in [0.25, 0.3) is 0 Å². The highest BCUT2D eigenvalue weighted by Crippen LogP contribution is 2.34. The zero-order valence-electron chi connectivity index (χ0n) is 8.43. The van der Waals surface area contributed by atoms with Crippen LogP contribution in [0, 0.1) is 17.0 Å². The molecule has 6 nitrogen and oxygen atoms in total. The molecule has 1 rings (SSSR count). The first-order chi connectivity index (χ1) is 7.29. The third-order valence-electron chi connectivity index (χ3n) is 2.01. The standard InChI is InChI=1S/C8H8FNO5S/c1-5-7(16(9,13)14)4-3-6(15-2)8(5)10(11)12/h3-4H,1-2H3. The second kappa shape index (κ2) is 4.05. The van der Waals surface area contributed by atoms with Gasteiger partial charge in [0.2, 0.25) is 0 Å². The maximum Gasteiger partial charge on any atom is 0.332 e. The van der Waals surface area contributed by atoms with Crippen LogP contribution in [-0.4, -0.2) is 20.5 Å². The minimum absolute atomic E-state index is 0.116. The van der Waals surface area contributed by atoms with Crippen LogP contribution >= 0.6 is 0 Å². The van der Waals surface area contributed by atoms with E-state index < -0.39 is 25.7 Å². The van der Waals surface area contributed by atoms with Crippen molar-refractivity contribution < 1.29 is 22.0 Å². The van der Waals surface area contributed by atoms with E-state index in [9.17, 15) is 22.4 Å². The van der Waals surface area contributed by atoms with Crippen LogP contribution in [0.15, 0.2) is 17.0 Å². The van der Waals surface area contributed by atoms with Crippen molar-refractivity contribution in [3.8, 4) is 5.75 Å². The molecule has 0 fully saturated rings. The van der Waals surface area contributed by atoms with Crippen LogP contribution in [0.1, 0.15) is 5.56 Å². The molecule has 0 amide bonds. The molecule has 0 aliphatic carbocycles. The summed E-state index contributed by atoms with van der Waals surface area (Å²) in [6, 6.07) is 1.97. The van der Waals surface area contributed by atoms with Crippen LogP contribution in [0.5, 0.6) is 5.75 Å². The number of nitro benzene ring substituents is 1. The Morgan fingerprint density at radius 1 is 1.44 bits per heavy atom. The Hall–Kier alpha value is -1.70. The number of hydrogen-bond acceptors (Lipinski definition) is 5. The minimum Gasteiger partial charge on any atom is -0.490 e. The lowest BCUT2D eigenvalue weighted by Gasteiger charge is -2.06. The molecule has 16 heavy (non-hydrogen) atoms. The predicted molar refractivity (Wildman–Crippen MR) is 52.7 cm³/mol. The number of nitro groups is 1. The van der Waals surface area contributed by atoms with Crippen LogP contribution in [0.4, 0.5) is 9.57 Å². The van der Waals surface area contributed by atoms with E-state index in [2.05, 4.69) is 0 Å². The maximum atomic E-state index is 12.8. The van der Waals surface area contributed by atoms with Crippen LogP contribution in [0.3, 0.4) is 0 Å². The molecule has 0 saturated heterocycles. The van der Waals surface area contributed by atoms with Gasteiger partial charge in [0.05, 0.1) is 17.6 Å². The largest absolute Gasteiger partial charge is 0.490 e. The summed E-state index contributed by atoms with van der Waals surface area (Å²) in [4.78, 5) is 9.15. The Morgan fingerprint density at radius 3 is 2.38 bits per heavy atom. The lowest BCUT2D eigenvalue weighted by molar-refractivity contribution is -0.386. The normalized spacial score (nSPS) is 11.2. The summed E-state index contributed by atoms with van der Waals surface area (Å²) in [5.41, 5.74) is -0.840. The molecule has 0 atom stereocenters. The van der Waals surface area contributed by atoms with E-state index in [4.69, 9.17) is 4.74 Å². The molecular weight excluding hydrogens is 241 g/mol. The fourth-order valence-corrected chi connectivity index (χ4v) is 2.01. The second-order valence-corrected chi connectivity index (χ2v) is 4.25. The molecule has 1 aromatic carbocycles. The summed E-state index contributed by atoms with van der Waals surface area (Å²) in [5, 5.41) is 10.7. The van der Waals surface area contributed by atoms with Crippen LogP contribution < -0.4 is 4.74 Å². The van der Waals surface area contributed by atoms with Crippen molar-refractivity contribution in [3.63, 3.8) is 0 Å². The van der Waals surface area contributed by atoms with Crippen molar-refractivity contribution >= 4 is 15.9 Å². The third-order valence-corrected chi connectivity index (χ3v) is 2.98. The quantitative estimate of drug-likeness (QED) is 0.461. The minimum atomic E-state index is -4.97. The molecule has 0 aromatic heterocycles. The monoisotopic (exact) mass is 249 g/mol. The summed E-state index contributed by atoms with van der Waals surface area (Å²) in [5.74, 6) is -0.116. The van der Waals surface area contributed by atoms with Gasteiger partial charge in [-0.15, -0.1) is 3.89 Å².